The molecule has 0 saturated carbocycles. The lowest BCUT2D eigenvalue weighted by molar-refractivity contribution is 0.112. The Morgan fingerprint density at radius 2 is 2.10 bits per heavy atom. The number of hydrogen-bond acceptors (Lipinski definition) is 3. The number of aromatic amines is 1. The van der Waals surface area contributed by atoms with Crippen molar-refractivity contribution in [3.8, 4) is 11.4 Å². The van der Waals surface area contributed by atoms with Gasteiger partial charge in [-0.15, -0.1) is 0 Å². The number of aryl methyl sites for hydroxylation is 1. The number of halogens is 1. The number of H-pyrrole nitrogens is 1. The molecule has 0 saturated heterocycles. The molecule has 0 aliphatic carbocycles. The van der Waals surface area contributed by atoms with Crippen molar-refractivity contribution >= 4 is 33.2 Å². The molecule has 20 heavy (non-hydrogen) atoms. The number of carbonyl (C=O) groups is 1. The third-order valence-electron chi connectivity index (χ3n) is 3.21. The number of hydrogen-bond donors (Lipinski definition) is 1. The predicted octanol–water partition coefficient (Wildman–Crippen LogP) is 3.76. The second-order valence-corrected chi connectivity index (χ2v) is 5.27. The van der Waals surface area contributed by atoms with E-state index in [1.807, 2.05) is 31.2 Å². The van der Waals surface area contributed by atoms with Crippen molar-refractivity contribution in [1.82, 2.24) is 15.0 Å². The molecule has 5 heteroatoms. The number of nitrogens with zero attached hydrogens (tertiary/aromatic N) is 2. The lowest BCUT2D eigenvalue weighted by atomic mass is 10.1. The first-order valence-corrected chi connectivity index (χ1v) is 7.12. The number of benzene rings is 1. The SMILES string of the molecule is CCc1nc(-c2ccccc2Br)nc2[nH]cc(C=O)c12. The zero-order valence-corrected chi connectivity index (χ0v) is 12.4. The van der Waals surface area contributed by atoms with Gasteiger partial charge in [-0.3, -0.25) is 4.79 Å². The van der Waals surface area contributed by atoms with E-state index < -0.39 is 0 Å². The summed E-state index contributed by atoms with van der Waals surface area (Å²) in [6, 6.07) is 7.82. The first-order chi connectivity index (χ1) is 9.74. The van der Waals surface area contributed by atoms with Crippen LogP contribution in [0.15, 0.2) is 34.9 Å². The summed E-state index contributed by atoms with van der Waals surface area (Å²) < 4.78 is 0.948. The number of aromatic nitrogens is 3. The summed E-state index contributed by atoms with van der Waals surface area (Å²) in [5.41, 5.74) is 3.12. The molecule has 0 atom stereocenters. The lowest BCUT2D eigenvalue weighted by Crippen LogP contribution is -1.97. The molecule has 3 aromatic rings. The van der Waals surface area contributed by atoms with Gasteiger partial charge < -0.3 is 4.98 Å². The van der Waals surface area contributed by atoms with E-state index >= 15 is 0 Å². The molecule has 0 aliphatic rings. The molecule has 1 aromatic carbocycles. The van der Waals surface area contributed by atoms with Crippen molar-refractivity contribution in [2.24, 2.45) is 0 Å². The smallest absolute Gasteiger partial charge is 0.162 e. The van der Waals surface area contributed by atoms with Crippen LogP contribution in [-0.4, -0.2) is 21.2 Å². The van der Waals surface area contributed by atoms with Crippen molar-refractivity contribution in [1.29, 1.82) is 0 Å². The number of aldehydes is 1. The standard InChI is InChI=1S/C15H12BrN3O/c1-2-12-13-9(8-20)7-17-15(13)19-14(18-12)10-5-3-4-6-11(10)16/h3-8H,2H2,1H3,(H,17,18,19). The fourth-order valence-electron chi connectivity index (χ4n) is 2.25. The van der Waals surface area contributed by atoms with Gasteiger partial charge in [0.15, 0.2) is 12.1 Å². The minimum atomic E-state index is 0.607. The fourth-order valence-corrected chi connectivity index (χ4v) is 2.71. The molecule has 0 spiro atoms. The summed E-state index contributed by atoms with van der Waals surface area (Å²) in [6.45, 7) is 2.02. The molecule has 2 heterocycles. The average molecular weight is 330 g/mol. The van der Waals surface area contributed by atoms with Crippen molar-refractivity contribution in [3.63, 3.8) is 0 Å². The second kappa shape index (κ2) is 5.17. The highest BCUT2D eigenvalue weighted by Gasteiger charge is 2.14. The number of nitrogens with one attached hydrogen (secondary N) is 1. The minimum Gasteiger partial charge on any atom is -0.345 e. The van der Waals surface area contributed by atoms with Gasteiger partial charge in [-0.05, 0) is 12.5 Å². The van der Waals surface area contributed by atoms with E-state index in [4.69, 9.17) is 0 Å². The molecule has 0 fully saturated rings. The van der Waals surface area contributed by atoms with Crippen LogP contribution in [0.1, 0.15) is 23.0 Å². The van der Waals surface area contributed by atoms with E-state index in [1.165, 1.54) is 0 Å². The van der Waals surface area contributed by atoms with Crippen molar-refractivity contribution < 1.29 is 4.79 Å². The Labute approximate surface area is 124 Å². The van der Waals surface area contributed by atoms with E-state index in [0.717, 1.165) is 33.8 Å². The molecule has 0 bridgehead atoms. The van der Waals surface area contributed by atoms with Crippen LogP contribution < -0.4 is 0 Å². The van der Waals surface area contributed by atoms with Crippen LogP contribution in [0, 0.1) is 0 Å². The topological polar surface area (TPSA) is 58.6 Å². The van der Waals surface area contributed by atoms with Gasteiger partial charge in [0.05, 0.1) is 11.1 Å². The van der Waals surface area contributed by atoms with Crippen LogP contribution in [0.5, 0.6) is 0 Å². The Bertz CT molecular complexity index is 795. The van der Waals surface area contributed by atoms with Gasteiger partial charge in [-0.1, -0.05) is 41.1 Å². The molecule has 0 aliphatic heterocycles. The summed E-state index contributed by atoms with van der Waals surface area (Å²) >= 11 is 3.52. The summed E-state index contributed by atoms with van der Waals surface area (Å²) in [4.78, 5) is 23.3. The Balaban J connectivity index is 2.29. The normalized spacial score (nSPS) is 10.9. The highest BCUT2D eigenvalue weighted by molar-refractivity contribution is 9.10. The van der Waals surface area contributed by atoms with E-state index in [9.17, 15) is 4.79 Å². The number of carbonyl (C=O) groups excluding carboxylic acids is 1. The maximum atomic E-state index is 11.1. The predicted molar refractivity (Wildman–Crippen MR) is 81.8 cm³/mol. The Morgan fingerprint density at radius 1 is 1.30 bits per heavy atom. The molecule has 0 amide bonds. The maximum Gasteiger partial charge on any atom is 0.162 e. The van der Waals surface area contributed by atoms with Gasteiger partial charge in [-0.25, -0.2) is 9.97 Å². The Morgan fingerprint density at radius 3 is 2.80 bits per heavy atom. The molecule has 3 rings (SSSR count). The first kappa shape index (κ1) is 13.0. The largest absolute Gasteiger partial charge is 0.345 e. The Hall–Kier alpha value is -2.01. The number of fused-ring (bicyclic) bond motifs is 1. The molecule has 2 aromatic heterocycles. The van der Waals surface area contributed by atoms with Gasteiger partial charge in [-0.2, -0.15) is 0 Å². The van der Waals surface area contributed by atoms with Gasteiger partial charge in [0.25, 0.3) is 0 Å². The van der Waals surface area contributed by atoms with Gasteiger partial charge in [0.2, 0.25) is 0 Å². The van der Waals surface area contributed by atoms with E-state index in [1.54, 1.807) is 6.20 Å². The zero-order valence-electron chi connectivity index (χ0n) is 10.9. The quantitative estimate of drug-likeness (QED) is 0.744. The maximum absolute atomic E-state index is 11.1. The summed E-state index contributed by atoms with van der Waals surface area (Å²) in [5.74, 6) is 0.654. The van der Waals surface area contributed by atoms with E-state index in [2.05, 4.69) is 30.9 Å². The summed E-state index contributed by atoms with van der Waals surface area (Å²) in [7, 11) is 0. The highest BCUT2D eigenvalue weighted by Crippen LogP contribution is 2.28. The van der Waals surface area contributed by atoms with Crippen LogP contribution in [0.4, 0.5) is 0 Å². The van der Waals surface area contributed by atoms with Crippen molar-refractivity contribution in [2.75, 3.05) is 0 Å². The zero-order chi connectivity index (χ0) is 14.1. The fraction of sp³-hybridized carbons (Fsp3) is 0.133. The minimum absolute atomic E-state index is 0.607. The second-order valence-electron chi connectivity index (χ2n) is 4.41. The van der Waals surface area contributed by atoms with Crippen LogP contribution in [0.2, 0.25) is 0 Å². The Kier molecular flexibility index (Phi) is 3.36. The van der Waals surface area contributed by atoms with E-state index in [0.29, 0.717) is 17.0 Å². The van der Waals surface area contributed by atoms with Gasteiger partial charge in [0, 0.05) is 21.8 Å². The van der Waals surface area contributed by atoms with Crippen LogP contribution in [0.25, 0.3) is 22.4 Å². The van der Waals surface area contributed by atoms with Gasteiger partial charge in [0.1, 0.15) is 5.65 Å². The average Bonchev–Trinajstić information content (AvgIpc) is 2.89. The third kappa shape index (κ3) is 2.04. The molecule has 100 valence electrons. The van der Waals surface area contributed by atoms with Gasteiger partial charge >= 0.3 is 0 Å². The van der Waals surface area contributed by atoms with E-state index in [-0.39, 0.29) is 0 Å². The summed E-state index contributed by atoms with van der Waals surface area (Å²) in [6.07, 6.45) is 3.25. The lowest BCUT2D eigenvalue weighted by Gasteiger charge is -2.06. The molecule has 0 unspecified atom stereocenters. The molecular formula is C15H12BrN3O. The first-order valence-electron chi connectivity index (χ1n) is 6.32. The van der Waals surface area contributed by atoms with Crippen molar-refractivity contribution in [3.05, 3.63) is 46.2 Å². The van der Waals surface area contributed by atoms with Crippen LogP contribution >= 0.6 is 15.9 Å². The molecule has 1 N–H and O–H groups in total. The molecule has 4 nitrogen and oxygen atoms in total. The highest BCUT2D eigenvalue weighted by atomic mass is 79.9. The number of rotatable bonds is 3. The third-order valence-corrected chi connectivity index (χ3v) is 3.91. The monoisotopic (exact) mass is 329 g/mol. The van der Waals surface area contributed by atoms with Crippen LogP contribution in [0.3, 0.4) is 0 Å². The van der Waals surface area contributed by atoms with Crippen LogP contribution in [-0.2, 0) is 6.42 Å². The van der Waals surface area contributed by atoms with Crippen molar-refractivity contribution in [2.45, 2.75) is 13.3 Å². The molecule has 0 radical (unpaired) electrons. The molecular weight excluding hydrogens is 318 g/mol. The summed E-state index contributed by atoms with van der Waals surface area (Å²) in [5, 5.41) is 0.818.